The van der Waals surface area contributed by atoms with Crippen LogP contribution in [0.2, 0.25) is 0 Å². The molecule has 0 aromatic heterocycles. The molecule has 0 aromatic carbocycles. The summed E-state index contributed by atoms with van der Waals surface area (Å²) in [5, 5.41) is 17.8. The van der Waals surface area contributed by atoms with Crippen molar-refractivity contribution in [2.45, 2.75) is 53.4 Å². The summed E-state index contributed by atoms with van der Waals surface area (Å²) in [6.45, 7) is 8.18. The van der Waals surface area contributed by atoms with Crippen molar-refractivity contribution >= 4 is 60.8 Å². The Bertz CT molecular complexity index is 266. The fourth-order valence-corrected chi connectivity index (χ4v) is 1.95. The van der Waals surface area contributed by atoms with Crippen molar-refractivity contribution in [2.75, 3.05) is 0 Å². The average molecular weight is 384 g/mol. The third kappa shape index (κ3) is 7.84. The molecule has 0 aromatic rings. The molecule has 0 spiro atoms. The van der Waals surface area contributed by atoms with Gasteiger partial charge >= 0.3 is 60.8 Å². The van der Waals surface area contributed by atoms with E-state index in [-0.39, 0.29) is 69.5 Å². The Balaban J connectivity index is -0.000000427. The molecule has 0 rings (SSSR count). The van der Waals surface area contributed by atoms with Gasteiger partial charge in [-0.3, -0.25) is 9.59 Å². The molecule has 0 aliphatic heterocycles. The topological polar surface area (TPSA) is 74.6 Å². The minimum absolute atomic E-state index is 0. The number of carbonyl (C=O) groups is 2. The van der Waals surface area contributed by atoms with Crippen molar-refractivity contribution in [3.8, 4) is 0 Å². The maximum atomic E-state index is 10.9. The van der Waals surface area contributed by atoms with Crippen LogP contribution in [0.5, 0.6) is 0 Å². The third-order valence-corrected chi connectivity index (χ3v) is 3.25. The van der Waals surface area contributed by atoms with E-state index in [2.05, 4.69) is 6.92 Å². The summed E-state index contributed by atoms with van der Waals surface area (Å²) in [6, 6.07) is 0. The molecule has 18 heavy (non-hydrogen) atoms. The quantitative estimate of drug-likeness (QED) is 0.524. The number of hydrogen-bond donors (Lipinski definition) is 2. The second kappa shape index (κ2) is 9.42. The number of rotatable bonds is 7. The maximum absolute atomic E-state index is 10.9. The van der Waals surface area contributed by atoms with Gasteiger partial charge in [0, 0.05) is 0 Å². The van der Waals surface area contributed by atoms with E-state index in [9.17, 15) is 9.59 Å². The number of aliphatic carboxylic acids is 2. The van der Waals surface area contributed by atoms with Crippen molar-refractivity contribution in [3.05, 3.63) is 0 Å². The fraction of sp³-hybridized carbons (Fsp3) is 0.846. The van der Waals surface area contributed by atoms with Crippen LogP contribution in [0.25, 0.3) is 0 Å². The van der Waals surface area contributed by atoms with Gasteiger partial charge in [-0.15, -0.1) is 0 Å². The molecule has 1 unspecified atom stereocenters. The van der Waals surface area contributed by atoms with Crippen LogP contribution < -0.4 is 0 Å². The standard InChI is InChI=1S/C13H24O4.Ba.2H/c1-5-6-7-9(13(2,3)4)8-10(11(14)15)12(16)17;;;/h9-10H,5-8H2,1-4H3,(H,14,15)(H,16,17);;;/q;+2;2*-1. The number of carboxylic acid groups (broad SMARTS) is 2. The molecule has 0 bridgehead atoms. The Kier molecular flexibility index (Phi) is 10.9. The minimum atomic E-state index is -1.28. The van der Waals surface area contributed by atoms with Crippen LogP contribution >= 0.6 is 0 Å². The van der Waals surface area contributed by atoms with Gasteiger partial charge in [0.15, 0.2) is 5.92 Å². The number of hydrogen-bond acceptors (Lipinski definition) is 2. The third-order valence-electron chi connectivity index (χ3n) is 3.25. The monoisotopic (exact) mass is 384 g/mol. The molecule has 104 valence electrons. The SMILES string of the molecule is CCCCC(CC(C(=O)O)C(=O)O)C(C)(C)C.[Ba+2].[H-].[H-]. The van der Waals surface area contributed by atoms with Gasteiger partial charge in [0.2, 0.25) is 0 Å². The molecule has 0 radical (unpaired) electrons. The average Bonchev–Trinajstić information content (AvgIpc) is 2.14. The van der Waals surface area contributed by atoms with Crippen molar-refractivity contribution in [2.24, 2.45) is 17.3 Å². The van der Waals surface area contributed by atoms with Gasteiger partial charge in [0.05, 0.1) is 0 Å². The predicted molar refractivity (Wildman–Crippen MR) is 73.8 cm³/mol. The summed E-state index contributed by atoms with van der Waals surface area (Å²) in [7, 11) is 0. The summed E-state index contributed by atoms with van der Waals surface area (Å²) < 4.78 is 0. The van der Waals surface area contributed by atoms with E-state index in [1.807, 2.05) is 20.8 Å². The summed E-state index contributed by atoms with van der Waals surface area (Å²) in [4.78, 5) is 21.8. The van der Waals surface area contributed by atoms with Crippen molar-refractivity contribution in [1.29, 1.82) is 0 Å². The van der Waals surface area contributed by atoms with Crippen LogP contribution in [0.4, 0.5) is 0 Å². The molecular formula is C13H26BaO4. The summed E-state index contributed by atoms with van der Waals surface area (Å²) >= 11 is 0. The first-order valence-corrected chi connectivity index (χ1v) is 6.15. The van der Waals surface area contributed by atoms with Crippen LogP contribution in [0.1, 0.15) is 56.2 Å². The van der Waals surface area contributed by atoms with Gasteiger partial charge in [-0.05, 0) is 24.2 Å². The Morgan fingerprint density at radius 1 is 1.17 bits per heavy atom. The second-order valence-corrected chi connectivity index (χ2v) is 5.67. The Morgan fingerprint density at radius 3 is 1.89 bits per heavy atom. The first-order valence-electron chi connectivity index (χ1n) is 6.15. The van der Waals surface area contributed by atoms with Gasteiger partial charge in [0.1, 0.15) is 0 Å². The van der Waals surface area contributed by atoms with Crippen LogP contribution in [0.3, 0.4) is 0 Å². The van der Waals surface area contributed by atoms with Gasteiger partial charge in [0.25, 0.3) is 0 Å². The Hall–Kier alpha value is 0.511. The summed E-state index contributed by atoms with van der Waals surface area (Å²) in [5.41, 5.74) is -0.0572. The fourth-order valence-electron chi connectivity index (χ4n) is 1.95. The van der Waals surface area contributed by atoms with E-state index in [1.54, 1.807) is 0 Å². The van der Waals surface area contributed by atoms with Crippen LogP contribution in [-0.2, 0) is 9.59 Å². The molecule has 0 fully saturated rings. The Morgan fingerprint density at radius 2 is 1.61 bits per heavy atom. The van der Waals surface area contributed by atoms with Gasteiger partial charge in [-0.2, -0.15) is 0 Å². The first-order chi connectivity index (χ1) is 7.70. The van der Waals surface area contributed by atoms with Gasteiger partial charge in [-0.25, -0.2) is 0 Å². The zero-order chi connectivity index (χ0) is 13.6. The predicted octanol–water partition coefficient (Wildman–Crippen LogP) is 2.86. The zero-order valence-corrected chi connectivity index (χ0v) is 16.3. The minimum Gasteiger partial charge on any atom is -1.00 e. The van der Waals surface area contributed by atoms with Crippen LogP contribution in [-0.4, -0.2) is 71.0 Å². The van der Waals surface area contributed by atoms with E-state index in [0.29, 0.717) is 0 Å². The molecule has 1 atom stereocenters. The largest absolute Gasteiger partial charge is 2.00 e. The molecule has 0 aliphatic carbocycles. The van der Waals surface area contributed by atoms with Crippen molar-refractivity contribution in [1.82, 2.24) is 0 Å². The molecule has 0 saturated heterocycles. The van der Waals surface area contributed by atoms with E-state index in [4.69, 9.17) is 10.2 Å². The molecule has 0 aliphatic rings. The molecule has 0 heterocycles. The number of unbranched alkanes of at least 4 members (excludes halogenated alkanes) is 1. The molecule has 0 amide bonds. The van der Waals surface area contributed by atoms with Gasteiger partial charge < -0.3 is 13.1 Å². The van der Waals surface area contributed by atoms with Crippen molar-refractivity contribution < 1.29 is 22.7 Å². The maximum Gasteiger partial charge on any atom is 2.00 e. The molecule has 4 nitrogen and oxygen atoms in total. The smallest absolute Gasteiger partial charge is 1.00 e. The molecule has 0 saturated carbocycles. The van der Waals surface area contributed by atoms with Crippen LogP contribution in [0, 0.1) is 17.3 Å². The summed E-state index contributed by atoms with van der Waals surface area (Å²) in [5.74, 6) is -3.62. The normalized spacial score (nSPS) is 12.9. The number of carboxylic acids is 2. The zero-order valence-electron chi connectivity index (χ0n) is 13.9. The van der Waals surface area contributed by atoms with Crippen LogP contribution in [0.15, 0.2) is 0 Å². The second-order valence-electron chi connectivity index (χ2n) is 5.67. The van der Waals surface area contributed by atoms with E-state index in [1.165, 1.54) is 0 Å². The van der Waals surface area contributed by atoms with E-state index >= 15 is 0 Å². The van der Waals surface area contributed by atoms with E-state index < -0.39 is 17.9 Å². The summed E-state index contributed by atoms with van der Waals surface area (Å²) in [6.07, 6.45) is 3.15. The van der Waals surface area contributed by atoms with Crippen molar-refractivity contribution in [3.63, 3.8) is 0 Å². The Labute approximate surface area is 153 Å². The first kappa shape index (κ1) is 20.8. The molecule has 2 N–H and O–H groups in total. The van der Waals surface area contributed by atoms with E-state index in [0.717, 1.165) is 19.3 Å². The van der Waals surface area contributed by atoms with Gasteiger partial charge in [-0.1, -0.05) is 40.5 Å². The molecular weight excluding hydrogens is 357 g/mol. The molecule has 5 heteroatoms.